The zero-order valence-corrected chi connectivity index (χ0v) is 21.4. The monoisotopic (exact) mass is 440 g/mol. The summed E-state index contributed by atoms with van der Waals surface area (Å²) in [6.45, 7) is 8.83. The third-order valence-electron chi connectivity index (χ3n) is 6.61. The van der Waals surface area contributed by atoms with Crippen LogP contribution in [-0.2, 0) is 14.2 Å². The highest BCUT2D eigenvalue weighted by molar-refractivity contribution is 4.73. The van der Waals surface area contributed by atoms with Gasteiger partial charge in [-0.25, -0.2) is 0 Å². The van der Waals surface area contributed by atoms with Gasteiger partial charge in [0.15, 0.2) is 0 Å². The smallest absolute Gasteiger partial charge is 0.0813 e. The van der Waals surface area contributed by atoms with Crippen molar-refractivity contribution in [2.24, 2.45) is 5.92 Å². The van der Waals surface area contributed by atoms with Crippen molar-refractivity contribution in [1.29, 1.82) is 0 Å². The number of unbranched alkanes of at least 4 members (excludes halogenated alkanes) is 16. The Labute approximate surface area is 195 Å². The molecule has 0 N–H and O–H groups in total. The Balaban J connectivity index is 1.74. The van der Waals surface area contributed by atoms with Crippen LogP contribution in [0.3, 0.4) is 0 Å². The Morgan fingerprint density at radius 3 is 1.48 bits per heavy atom. The maximum atomic E-state index is 5.92. The van der Waals surface area contributed by atoms with Gasteiger partial charge < -0.3 is 14.2 Å². The standard InChI is InChI=1S/C28H56O3/c1-3-5-7-9-10-11-12-13-14-15-16-17-18-20-21-29-24-27-23-28(31-25-27)26-30-22-19-8-6-4-2/h27-28H,3-26H2,1-2H3. The molecule has 0 aromatic heterocycles. The molecule has 0 aromatic rings. The van der Waals surface area contributed by atoms with Crippen LogP contribution in [0.1, 0.15) is 136 Å². The van der Waals surface area contributed by atoms with Crippen molar-refractivity contribution in [3.8, 4) is 0 Å². The molecule has 2 unspecified atom stereocenters. The third kappa shape index (κ3) is 19.1. The molecule has 1 heterocycles. The van der Waals surface area contributed by atoms with E-state index < -0.39 is 0 Å². The zero-order valence-electron chi connectivity index (χ0n) is 21.4. The molecule has 0 saturated carbocycles. The van der Waals surface area contributed by atoms with Gasteiger partial charge in [-0.3, -0.25) is 0 Å². The lowest BCUT2D eigenvalue weighted by molar-refractivity contribution is 0.0141. The minimum Gasteiger partial charge on any atom is -0.381 e. The van der Waals surface area contributed by atoms with Crippen LogP contribution in [0.2, 0.25) is 0 Å². The van der Waals surface area contributed by atoms with Gasteiger partial charge in [0.25, 0.3) is 0 Å². The van der Waals surface area contributed by atoms with E-state index in [-0.39, 0.29) is 0 Å². The molecule has 1 fully saturated rings. The molecule has 1 aliphatic rings. The van der Waals surface area contributed by atoms with Gasteiger partial charge in [-0.2, -0.15) is 0 Å². The Bertz CT molecular complexity index is 347. The molecule has 1 saturated heterocycles. The summed E-state index contributed by atoms with van der Waals surface area (Å²) in [7, 11) is 0. The number of ether oxygens (including phenoxy) is 3. The van der Waals surface area contributed by atoms with Crippen LogP contribution in [0.15, 0.2) is 0 Å². The maximum Gasteiger partial charge on any atom is 0.0813 e. The molecule has 0 radical (unpaired) electrons. The molecule has 31 heavy (non-hydrogen) atoms. The Morgan fingerprint density at radius 1 is 0.548 bits per heavy atom. The first kappa shape index (κ1) is 28.9. The third-order valence-corrected chi connectivity index (χ3v) is 6.61. The van der Waals surface area contributed by atoms with Crippen molar-refractivity contribution in [3.05, 3.63) is 0 Å². The molecule has 1 aliphatic heterocycles. The predicted octanol–water partition coefficient (Wildman–Crippen LogP) is 8.49. The fourth-order valence-electron chi connectivity index (χ4n) is 4.51. The molecule has 1 rings (SSSR count). The Kier molecular flexibility index (Phi) is 21.5. The quantitative estimate of drug-likeness (QED) is 0.141. The van der Waals surface area contributed by atoms with Gasteiger partial charge >= 0.3 is 0 Å². The van der Waals surface area contributed by atoms with Gasteiger partial charge in [0, 0.05) is 19.1 Å². The van der Waals surface area contributed by atoms with Gasteiger partial charge in [-0.05, 0) is 19.3 Å². The molecule has 186 valence electrons. The van der Waals surface area contributed by atoms with Crippen LogP contribution in [-0.4, -0.2) is 39.1 Å². The summed E-state index contributed by atoms with van der Waals surface area (Å²) in [5.74, 6) is 0.570. The molecule has 0 spiro atoms. The van der Waals surface area contributed by atoms with E-state index in [1.54, 1.807) is 0 Å². The van der Waals surface area contributed by atoms with E-state index in [1.165, 1.54) is 116 Å². The summed E-state index contributed by atoms with van der Waals surface area (Å²) in [5.41, 5.74) is 0. The van der Waals surface area contributed by atoms with Crippen LogP contribution < -0.4 is 0 Å². The first-order valence-corrected chi connectivity index (χ1v) is 14.1. The number of rotatable bonds is 24. The summed E-state index contributed by atoms with van der Waals surface area (Å²) in [5, 5.41) is 0. The second kappa shape index (κ2) is 23.1. The minimum absolute atomic E-state index is 0.292. The average molecular weight is 441 g/mol. The largest absolute Gasteiger partial charge is 0.381 e. The Morgan fingerprint density at radius 2 is 0.968 bits per heavy atom. The summed E-state index contributed by atoms with van der Waals surface area (Å²) < 4.78 is 17.6. The van der Waals surface area contributed by atoms with E-state index >= 15 is 0 Å². The van der Waals surface area contributed by atoms with Crippen molar-refractivity contribution in [3.63, 3.8) is 0 Å². The first-order valence-electron chi connectivity index (χ1n) is 14.1. The van der Waals surface area contributed by atoms with Crippen molar-refractivity contribution < 1.29 is 14.2 Å². The number of hydrogen-bond donors (Lipinski definition) is 0. The van der Waals surface area contributed by atoms with E-state index in [2.05, 4.69) is 13.8 Å². The molecule has 3 nitrogen and oxygen atoms in total. The van der Waals surface area contributed by atoms with Gasteiger partial charge in [-0.1, -0.05) is 117 Å². The predicted molar refractivity (Wildman–Crippen MR) is 134 cm³/mol. The molecule has 3 heteroatoms. The van der Waals surface area contributed by atoms with Gasteiger partial charge in [0.05, 0.1) is 25.9 Å². The number of hydrogen-bond acceptors (Lipinski definition) is 3. The highest BCUT2D eigenvalue weighted by Crippen LogP contribution is 2.20. The summed E-state index contributed by atoms with van der Waals surface area (Å²) in [4.78, 5) is 0. The maximum absolute atomic E-state index is 5.92. The molecule has 0 amide bonds. The summed E-state index contributed by atoms with van der Waals surface area (Å²) >= 11 is 0. The molecule has 0 bridgehead atoms. The highest BCUT2D eigenvalue weighted by atomic mass is 16.5. The Hall–Kier alpha value is -0.120. The van der Waals surface area contributed by atoms with Gasteiger partial charge in [0.1, 0.15) is 0 Å². The average Bonchev–Trinajstić information content (AvgIpc) is 3.23. The minimum atomic E-state index is 0.292. The van der Waals surface area contributed by atoms with E-state index in [9.17, 15) is 0 Å². The lowest BCUT2D eigenvalue weighted by Gasteiger charge is -2.11. The van der Waals surface area contributed by atoms with E-state index in [0.717, 1.165) is 39.5 Å². The molecule has 0 aliphatic carbocycles. The van der Waals surface area contributed by atoms with Crippen molar-refractivity contribution in [2.45, 2.75) is 142 Å². The summed E-state index contributed by atoms with van der Waals surface area (Å²) in [6, 6.07) is 0. The molecule has 2 atom stereocenters. The molecular weight excluding hydrogens is 384 g/mol. The highest BCUT2D eigenvalue weighted by Gasteiger charge is 2.25. The van der Waals surface area contributed by atoms with E-state index in [0.29, 0.717) is 12.0 Å². The lowest BCUT2D eigenvalue weighted by Crippen LogP contribution is -2.15. The van der Waals surface area contributed by atoms with Crippen LogP contribution in [0, 0.1) is 5.92 Å². The van der Waals surface area contributed by atoms with Crippen LogP contribution in [0.4, 0.5) is 0 Å². The van der Waals surface area contributed by atoms with Gasteiger partial charge in [-0.15, -0.1) is 0 Å². The molecule has 0 aromatic carbocycles. The molecular formula is C28H56O3. The summed E-state index contributed by atoms with van der Waals surface area (Å²) in [6.07, 6.45) is 26.2. The second-order valence-electron chi connectivity index (χ2n) is 9.86. The van der Waals surface area contributed by atoms with Crippen LogP contribution in [0.25, 0.3) is 0 Å². The zero-order chi connectivity index (χ0) is 22.2. The second-order valence-corrected chi connectivity index (χ2v) is 9.86. The SMILES string of the molecule is CCCCCCCCCCCCCCCCOCC1COC(COCCCCCC)C1. The van der Waals surface area contributed by atoms with Crippen LogP contribution in [0.5, 0.6) is 0 Å². The first-order chi connectivity index (χ1) is 15.4. The van der Waals surface area contributed by atoms with Gasteiger partial charge in [0.2, 0.25) is 0 Å². The van der Waals surface area contributed by atoms with Crippen molar-refractivity contribution >= 4 is 0 Å². The lowest BCUT2D eigenvalue weighted by atomic mass is 10.0. The normalized spacial score (nSPS) is 18.8. The fraction of sp³-hybridized carbons (Fsp3) is 1.00. The van der Waals surface area contributed by atoms with Crippen molar-refractivity contribution in [1.82, 2.24) is 0 Å². The van der Waals surface area contributed by atoms with E-state index in [1.807, 2.05) is 0 Å². The van der Waals surface area contributed by atoms with Crippen LogP contribution >= 0.6 is 0 Å². The fourth-order valence-corrected chi connectivity index (χ4v) is 4.51. The van der Waals surface area contributed by atoms with Crippen molar-refractivity contribution in [2.75, 3.05) is 33.0 Å². The van der Waals surface area contributed by atoms with E-state index in [4.69, 9.17) is 14.2 Å². The topological polar surface area (TPSA) is 27.7 Å².